The van der Waals surface area contributed by atoms with Crippen molar-refractivity contribution in [1.29, 1.82) is 5.26 Å². The monoisotopic (exact) mass is 426 g/mol. The van der Waals surface area contributed by atoms with Crippen LogP contribution in [0.5, 0.6) is 0 Å². The molecule has 1 aliphatic carbocycles. The Kier molecular flexibility index (Phi) is 5.35. The predicted octanol–water partition coefficient (Wildman–Crippen LogP) is 4.08. The molecule has 32 heavy (non-hydrogen) atoms. The minimum atomic E-state index is -0.549. The number of carbonyl (C=O) groups is 2. The van der Waals surface area contributed by atoms with Crippen LogP contribution in [0, 0.1) is 23.7 Å². The molecule has 0 bridgehead atoms. The number of nitriles is 1. The summed E-state index contributed by atoms with van der Waals surface area (Å²) in [4.78, 5) is 26.4. The van der Waals surface area contributed by atoms with Gasteiger partial charge in [0.15, 0.2) is 5.78 Å². The minimum absolute atomic E-state index is 0.0278. The standard InChI is InChI=1S/C26H26N4O2/c1-16-9-11-18(12-10-16)25(32)29-30-20-13-26(2,3)14-21(31)23(20)22(19(15-27)24(30)28)17-7-5-4-6-8-17/h4-12,22H,13-14,28H2,1-3H3,(H,29,32). The van der Waals surface area contributed by atoms with Gasteiger partial charge in [-0.15, -0.1) is 0 Å². The molecular weight excluding hydrogens is 400 g/mol. The van der Waals surface area contributed by atoms with Crippen LogP contribution in [0.1, 0.15) is 54.1 Å². The number of benzene rings is 2. The fourth-order valence-corrected chi connectivity index (χ4v) is 4.49. The molecule has 0 saturated carbocycles. The quantitative estimate of drug-likeness (QED) is 0.771. The molecule has 6 nitrogen and oxygen atoms in total. The Morgan fingerprint density at radius 1 is 1.12 bits per heavy atom. The van der Waals surface area contributed by atoms with E-state index in [2.05, 4.69) is 11.5 Å². The Labute approximate surface area is 188 Å². The number of nitrogens with zero attached hydrogens (tertiary/aromatic N) is 2. The highest BCUT2D eigenvalue weighted by Crippen LogP contribution is 2.48. The van der Waals surface area contributed by atoms with Crippen molar-refractivity contribution in [2.45, 2.75) is 39.5 Å². The van der Waals surface area contributed by atoms with E-state index in [-0.39, 0.29) is 28.5 Å². The smallest absolute Gasteiger partial charge is 0.270 e. The minimum Gasteiger partial charge on any atom is -0.383 e. The number of hydrogen-bond donors (Lipinski definition) is 2. The highest BCUT2D eigenvalue weighted by atomic mass is 16.2. The average Bonchev–Trinajstić information content (AvgIpc) is 2.75. The van der Waals surface area contributed by atoms with Crippen molar-refractivity contribution >= 4 is 11.7 Å². The summed E-state index contributed by atoms with van der Waals surface area (Å²) in [5.41, 5.74) is 12.8. The van der Waals surface area contributed by atoms with Gasteiger partial charge in [0.05, 0.1) is 23.3 Å². The van der Waals surface area contributed by atoms with Gasteiger partial charge in [-0.3, -0.25) is 15.0 Å². The summed E-state index contributed by atoms with van der Waals surface area (Å²) in [6, 6.07) is 18.8. The van der Waals surface area contributed by atoms with Gasteiger partial charge in [0.2, 0.25) is 0 Å². The van der Waals surface area contributed by atoms with Gasteiger partial charge in [-0.25, -0.2) is 5.01 Å². The van der Waals surface area contributed by atoms with E-state index in [1.807, 2.05) is 63.2 Å². The third-order valence-electron chi connectivity index (χ3n) is 6.04. The van der Waals surface area contributed by atoms with Crippen LogP contribution < -0.4 is 11.2 Å². The first kappa shape index (κ1) is 21.4. The summed E-state index contributed by atoms with van der Waals surface area (Å²) in [6.07, 6.45) is 0.915. The summed E-state index contributed by atoms with van der Waals surface area (Å²) in [6.45, 7) is 5.99. The molecule has 1 unspecified atom stereocenters. The molecule has 6 heteroatoms. The van der Waals surface area contributed by atoms with Crippen LogP contribution in [0.25, 0.3) is 0 Å². The van der Waals surface area contributed by atoms with Crippen LogP contribution in [-0.4, -0.2) is 16.7 Å². The van der Waals surface area contributed by atoms with Gasteiger partial charge in [-0.2, -0.15) is 5.26 Å². The number of carbonyl (C=O) groups excluding carboxylic acids is 2. The molecule has 2 aromatic carbocycles. The van der Waals surface area contributed by atoms with Crippen molar-refractivity contribution in [2.75, 3.05) is 0 Å². The van der Waals surface area contributed by atoms with E-state index in [4.69, 9.17) is 5.73 Å². The molecule has 2 aliphatic rings. The number of hydrazine groups is 1. The fourth-order valence-electron chi connectivity index (χ4n) is 4.49. The average molecular weight is 427 g/mol. The van der Waals surface area contributed by atoms with E-state index in [1.165, 1.54) is 5.01 Å². The predicted molar refractivity (Wildman–Crippen MR) is 122 cm³/mol. The van der Waals surface area contributed by atoms with Crippen LogP contribution in [0.15, 0.2) is 77.3 Å². The van der Waals surface area contributed by atoms with Gasteiger partial charge in [-0.1, -0.05) is 61.9 Å². The zero-order valence-corrected chi connectivity index (χ0v) is 18.5. The maximum absolute atomic E-state index is 13.4. The number of nitrogens with one attached hydrogen (secondary N) is 1. The molecule has 3 N–H and O–H groups in total. The number of amides is 1. The van der Waals surface area contributed by atoms with E-state index >= 15 is 0 Å². The summed E-state index contributed by atoms with van der Waals surface area (Å²) in [7, 11) is 0. The van der Waals surface area contributed by atoms with Crippen molar-refractivity contribution in [3.63, 3.8) is 0 Å². The molecule has 0 radical (unpaired) electrons. The number of hydrogen-bond acceptors (Lipinski definition) is 5. The Bertz CT molecular complexity index is 1180. The lowest BCUT2D eigenvalue weighted by molar-refractivity contribution is -0.118. The summed E-state index contributed by atoms with van der Waals surface area (Å²) in [5, 5.41) is 11.5. The molecule has 1 amide bonds. The number of rotatable bonds is 3. The van der Waals surface area contributed by atoms with Gasteiger partial charge in [0, 0.05) is 17.6 Å². The zero-order valence-electron chi connectivity index (χ0n) is 18.5. The molecular formula is C26H26N4O2. The van der Waals surface area contributed by atoms with Crippen LogP contribution in [0.2, 0.25) is 0 Å². The Morgan fingerprint density at radius 3 is 2.41 bits per heavy atom. The van der Waals surface area contributed by atoms with Crippen molar-refractivity contribution < 1.29 is 9.59 Å². The molecule has 162 valence electrons. The summed E-state index contributed by atoms with van der Waals surface area (Å²) < 4.78 is 0. The summed E-state index contributed by atoms with van der Waals surface area (Å²) >= 11 is 0. The van der Waals surface area contributed by atoms with Crippen molar-refractivity contribution in [2.24, 2.45) is 11.1 Å². The van der Waals surface area contributed by atoms with E-state index in [0.29, 0.717) is 29.7 Å². The molecule has 0 fully saturated rings. The zero-order chi connectivity index (χ0) is 23.0. The van der Waals surface area contributed by atoms with E-state index in [1.54, 1.807) is 12.1 Å². The molecule has 0 saturated heterocycles. The first-order chi connectivity index (χ1) is 15.2. The van der Waals surface area contributed by atoms with E-state index in [0.717, 1.165) is 11.1 Å². The number of Topliss-reactive ketones (excluding diaryl/α,β-unsaturated/α-hetero) is 1. The van der Waals surface area contributed by atoms with Crippen LogP contribution in [0.4, 0.5) is 0 Å². The summed E-state index contributed by atoms with van der Waals surface area (Å²) in [5.74, 6) is -0.788. The second-order valence-electron chi connectivity index (χ2n) is 9.20. The molecule has 2 aromatic rings. The molecule has 1 atom stereocenters. The molecule has 1 aliphatic heterocycles. The van der Waals surface area contributed by atoms with E-state index in [9.17, 15) is 14.9 Å². The molecule has 0 aromatic heterocycles. The Morgan fingerprint density at radius 2 is 1.78 bits per heavy atom. The maximum atomic E-state index is 13.4. The lowest BCUT2D eigenvalue weighted by Gasteiger charge is -2.43. The second kappa shape index (κ2) is 8.01. The molecule has 1 heterocycles. The second-order valence-corrected chi connectivity index (χ2v) is 9.20. The number of aryl methyl sites for hydroxylation is 1. The van der Waals surface area contributed by atoms with Gasteiger partial charge in [-0.05, 0) is 36.5 Å². The van der Waals surface area contributed by atoms with Crippen molar-refractivity contribution in [1.82, 2.24) is 10.4 Å². The van der Waals surface area contributed by atoms with Crippen LogP contribution in [0.3, 0.4) is 0 Å². The highest BCUT2D eigenvalue weighted by Gasteiger charge is 2.44. The van der Waals surface area contributed by atoms with Crippen molar-refractivity contribution in [3.8, 4) is 6.07 Å². The number of ketones is 1. The topological polar surface area (TPSA) is 99.2 Å². The third-order valence-corrected chi connectivity index (χ3v) is 6.04. The van der Waals surface area contributed by atoms with Crippen LogP contribution in [-0.2, 0) is 4.79 Å². The Hall–Kier alpha value is -3.85. The normalized spacial score (nSPS) is 20.0. The SMILES string of the molecule is Cc1ccc(C(=O)NN2C(N)=C(C#N)C(c3ccccc3)C3=C2CC(C)(C)CC3=O)cc1. The third kappa shape index (κ3) is 3.78. The molecule has 4 rings (SSSR count). The fraction of sp³-hybridized carbons (Fsp3) is 0.269. The Balaban J connectivity index is 1.84. The maximum Gasteiger partial charge on any atom is 0.270 e. The van der Waals surface area contributed by atoms with Gasteiger partial charge < -0.3 is 5.73 Å². The van der Waals surface area contributed by atoms with Gasteiger partial charge >= 0.3 is 0 Å². The van der Waals surface area contributed by atoms with Crippen molar-refractivity contribution in [3.05, 3.63) is 94.0 Å². The lowest BCUT2D eigenvalue weighted by atomic mass is 9.69. The first-order valence-electron chi connectivity index (χ1n) is 10.6. The number of nitrogens with two attached hydrogens (primary N) is 1. The van der Waals surface area contributed by atoms with Crippen LogP contribution >= 0.6 is 0 Å². The lowest BCUT2D eigenvalue weighted by Crippen LogP contribution is -2.49. The van der Waals surface area contributed by atoms with E-state index < -0.39 is 5.92 Å². The molecule has 0 spiro atoms. The van der Waals surface area contributed by atoms with Gasteiger partial charge in [0.25, 0.3) is 5.91 Å². The van der Waals surface area contributed by atoms with Gasteiger partial charge in [0.1, 0.15) is 5.82 Å². The highest BCUT2D eigenvalue weighted by molar-refractivity contribution is 6.00. The largest absolute Gasteiger partial charge is 0.383 e. The first-order valence-corrected chi connectivity index (χ1v) is 10.6. The number of allylic oxidation sites excluding steroid dienone is 3.